The average molecular weight is 366 g/mol. The fourth-order valence-electron chi connectivity index (χ4n) is 2.58. The zero-order valence-corrected chi connectivity index (χ0v) is 16.5. The zero-order valence-electron chi connectivity index (χ0n) is 15.7. The van der Waals surface area contributed by atoms with Crippen LogP contribution in [0.15, 0.2) is 36.6 Å². The first kappa shape index (κ1) is 19.8. The van der Waals surface area contributed by atoms with Crippen molar-refractivity contribution >= 4 is 28.3 Å². The summed E-state index contributed by atoms with van der Waals surface area (Å²) in [6, 6.07) is 7.23. The van der Waals surface area contributed by atoms with E-state index in [9.17, 15) is 8.42 Å². The van der Waals surface area contributed by atoms with E-state index in [0.29, 0.717) is 18.0 Å². The molecule has 0 N–H and O–H groups in total. The summed E-state index contributed by atoms with van der Waals surface area (Å²) in [4.78, 5) is 2.03. The van der Waals surface area contributed by atoms with Gasteiger partial charge >= 0.3 is 7.12 Å². The van der Waals surface area contributed by atoms with Crippen molar-refractivity contribution in [2.45, 2.75) is 25.9 Å². The SMILES string of the molecule is C=C1OB(c2ccc(N(CCCN(C)C)S(C)(=O)=O)cc2)OC1(C)C. The summed E-state index contributed by atoms with van der Waals surface area (Å²) in [5.41, 5.74) is 0.937. The van der Waals surface area contributed by atoms with Gasteiger partial charge in [0, 0.05) is 6.54 Å². The molecule has 0 bridgehead atoms. The van der Waals surface area contributed by atoms with Gasteiger partial charge in [-0.2, -0.15) is 0 Å². The van der Waals surface area contributed by atoms with Gasteiger partial charge < -0.3 is 14.2 Å². The van der Waals surface area contributed by atoms with Crippen LogP contribution in [0.25, 0.3) is 0 Å². The third-order valence-electron chi connectivity index (χ3n) is 4.14. The number of benzene rings is 1. The maximum absolute atomic E-state index is 12.1. The number of hydrogen-bond donors (Lipinski definition) is 0. The van der Waals surface area contributed by atoms with Gasteiger partial charge in [0.2, 0.25) is 10.0 Å². The summed E-state index contributed by atoms with van der Waals surface area (Å²) in [6.45, 7) is 8.94. The smallest absolute Gasteiger partial charge is 0.534 e. The van der Waals surface area contributed by atoms with Crippen LogP contribution in [0.4, 0.5) is 5.69 Å². The van der Waals surface area contributed by atoms with Gasteiger partial charge in [0.1, 0.15) is 5.60 Å². The van der Waals surface area contributed by atoms with Crippen LogP contribution in [-0.4, -0.2) is 59.5 Å². The van der Waals surface area contributed by atoms with E-state index in [1.54, 1.807) is 12.1 Å². The fraction of sp³-hybridized carbons (Fsp3) is 0.529. The first-order valence-electron chi connectivity index (χ1n) is 8.27. The highest BCUT2D eigenvalue weighted by molar-refractivity contribution is 7.92. The molecular formula is C17H27BN2O4S. The molecule has 0 radical (unpaired) electrons. The van der Waals surface area contributed by atoms with E-state index in [4.69, 9.17) is 9.31 Å². The number of sulfonamides is 1. The Morgan fingerprint density at radius 3 is 2.20 bits per heavy atom. The van der Waals surface area contributed by atoms with Crippen molar-refractivity contribution in [2.75, 3.05) is 37.7 Å². The van der Waals surface area contributed by atoms with Crippen LogP contribution < -0.4 is 9.77 Å². The minimum absolute atomic E-state index is 0.441. The molecular weight excluding hydrogens is 339 g/mol. The highest BCUT2D eigenvalue weighted by Crippen LogP contribution is 2.29. The normalized spacial score (nSPS) is 17.0. The van der Waals surface area contributed by atoms with E-state index in [0.717, 1.165) is 18.4 Å². The summed E-state index contributed by atoms with van der Waals surface area (Å²) in [5, 5.41) is 0. The van der Waals surface area contributed by atoms with Gasteiger partial charge in [-0.15, -0.1) is 0 Å². The molecule has 1 fully saturated rings. The third kappa shape index (κ3) is 4.99. The second-order valence-electron chi connectivity index (χ2n) is 7.08. The Hall–Kier alpha value is -1.51. The van der Waals surface area contributed by atoms with Crippen molar-refractivity contribution in [1.29, 1.82) is 0 Å². The van der Waals surface area contributed by atoms with Crippen LogP contribution in [0.1, 0.15) is 20.3 Å². The van der Waals surface area contributed by atoms with Crippen LogP contribution in [0, 0.1) is 0 Å². The largest absolute Gasteiger partial charge is 0.563 e. The molecule has 2 rings (SSSR count). The van der Waals surface area contributed by atoms with Crippen LogP contribution in [0.3, 0.4) is 0 Å². The lowest BCUT2D eigenvalue weighted by atomic mass is 9.79. The number of nitrogens with zero attached hydrogens (tertiary/aromatic N) is 2. The average Bonchev–Trinajstić information content (AvgIpc) is 2.76. The summed E-state index contributed by atoms with van der Waals surface area (Å²) in [7, 11) is 0.0839. The molecule has 6 nitrogen and oxygen atoms in total. The maximum Gasteiger partial charge on any atom is 0.563 e. The van der Waals surface area contributed by atoms with Gasteiger partial charge in [0.25, 0.3) is 0 Å². The van der Waals surface area contributed by atoms with Crippen molar-refractivity contribution in [1.82, 2.24) is 4.90 Å². The standard InChI is InChI=1S/C17H27BN2O4S/c1-14-17(2,3)24-18(23-14)15-8-10-16(11-9-15)20(25(6,21)22)13-7-12-19(4)5/h8-11H,1,7,12-13H2,2-6H3. The monoisotopic (exact) mass is 366 g/mol. The molecule has 0 amide bonds. The van der Waals surface area contributed by atoms with Crippen LogP contribution in [0.2, 0.25) is 0 Å². The summed E-state index contributed by atoms with van der Waals surface area (Å²) >= 11 is 0. The molecule has 0 atom stereocenters. The molecule has 1 aromatic rings. The zero-order chi connectivity index (χ0) is 18.8. The molecule has 1 saturated heterocycles. The van der Waals surface area contributed by atoms with Gasteiger partial charge in [-0.05, 0) is 58.5 Å². The fourth-order valence-corrected chi connectivity index (χ4v) is 3.54. The second-order valence-corrected chi connectivity index (χ2v) is 8.99. The van der Waals surface area contributed by atoms with Gasteiger partial charge in [-0.1, -0.05) is 18.7 Å². The van der Waals surface area contributed by atoms with Crippen LogP contribution in [-0.2, 0) is 19.3 Å². The highest BCUT2D eigenvalue weighted by Gasteiger charge is 2.42. The Labute approximate surface area is 151 Å². The highest BCUT2D eigenvalue weighted by atomic mass is 32.2. The van der Waals surface area contributed by atoms with Gasteiger partial charge in [-0.25, -0.2) is 8.42 Å². The Morgan fingerprint density at radius 2 is 1.76 bits per heavy atom. The van der Waals surface area contributed by atoms with E-state index in [2.05, 4.69) is 6.58 Å². The molecule has 1 aliphatic rings. The molecule has 25 heavy (non-hydrogen) atoms. The molecule has 0 saturated carbocycles. The maximum atomic E-state index is 12.1. The minimum Gasteiger partial charge on any atom is -0.534 e. The molecule has 1 heterocycles. The Bertz CT molecular complexity index is 717. The number of rotatable bonds is 7. The Kier molecular flexibility index (Phi) is 5.86. The van der Waals surface area contributed by atoms with E-state index in [1.165, 1.54) is 10.6 Å². The summed E-state index contributed by atoms with van der Waals surface area (Å²) < 4.78 is 37.2. The number of anilines is 1. The van der Waals surface area contributed by atoms with Crippen molar-refractivity contribution in [3.63, 3.8) is 0 Å². The summed E-state index contributed by atoms with van der Waals surface area (Å²) in [6.07, 6.45) is 1.98. The van der Waals surface area contributed by atoms with Crippen LogP contribution >= 0.6 is 0 Å². The Morgan fingerprint density at radius 1 is 1.16 bits per heavy atom. The molecule has 1 aliphatic heterocycles. The third-order valence-corrected chi connectivity index (χ3v) is 5.34. The van der Waals surface area contributed by atoms with E-state index in [-0.39, 0.29) is 0 Å². The van der Waals surface area contributed by atoms with Crippen molar-refractivity contribution in [3.8, 4) is 0 Å². The molecule has 8 heteroatoms. The second kappa shape index (κ2) is 7.39. The number of hydrogen-bond acceptors (Lipinski definition) is 5. The molecule has 0 unspecified atom stereocenters. The molecule has 0 aliphatic carbocycles. The van der Waals surface area contributed by atoms with Gasteiger partial charge in [0.05, 0.1) is 17.7 Å². The molecule has 1 aromatic carbocycles. The minimum atomic E-state index is -3.34. The first-order chi connectivity index (χ1) is 11.5. The molecule has 138 valence electrons. The molecule has 0 spiro atoms. The topological polar surface area (TPSA) is 59.1 Å². The lowest BCUT2D eigenvalue weighted by molar-refractivity contribution is 0.173. The lowest BCUT2D eigenvalue weighted by Crippen LogP contribution is -2.35. The predicted molar refractivity (Wildman–Crippen MR) is 103 cm³/mol. The molecule has 0 aromatic heterocycles. The van der Waals surface area contributed by atoms with Crippen molar-refractivity contribution in [3.05, 3.63) is 36.6 Å². The van der Waals surface area contributed by atoms with E-state index < -0.39 is 22.7 Å². The predicted octanol–water partition coefficient (Wildman–Crippen LogP) is 1.44. The first-order valence-corrected chi connectivity index (χ1v) is 10.1. The summed E-state index contributed by atoms with van der Waals surface area (Å²) in [5.74, 6) is 0.586. The van der Waals surface area contributed by atoms with Crippen molar-refractivity contribution < 1.29 is 17.7 Å². The Balaban J connectivity index is 2.14. The quantitative estimate of drug-likeness (QED) is 0.684. The van der Waals surface area contributed by atoms with Gasteiger partial charge in [-0.3, -0.25) is 4.31 Å². The van der Waals surface area contributed by atoms with Gasteiger partial charge in [0.15, 0.2) is 0 Å². The lowest BCUT2D eigenvalue weighted by Gasteiger charge is -2.23. The van der Waals surface area contributed by atoms with Crippen molar-refractivity contribution in [2.24, 2.45) is 0 Å². The van der Waals surface area contributed by atoms with E-state index in [1.807, 2.05) is 45.0 Å². The van der Waals surface area contributed by atoms with E-state index >= 15 is 0 Å². The van der Waals surface area contributed by atoms with Crippen LogP contribution in [0.5, 0.6) is 0 Å².